The smallest absolute Gasteiger partial charge is 0.239 e. The zero-order chi connectivity index (χ0) is 17.4. The Morgan fingerprint density at radius 3 is 2.92 bits per heavy atom. The lowest BCUT2D eigenvalue weighted by atomic mass is 10.0. The summed E-state index contributed by atoms with van der Waals surface area (Å²) in [5.74, 6) is 0.533. The summed E-state index contributed by atoms with van der Waals surface area (Å²) in [6.45, 7) is 3.15. The van der Waals surface area contributed by atoms with Gasteiger partial charge in [0.2, 0.25) is 5.91 Å². The zero-order valence-electron chi connectivity index (χ0n) is 14.0. The summed E-state index contributed by atoms with van der Waals surface area (Å²) < 4.78 is 5.70. The van der Waals surface area contributed by atoms with Gasteiger partial charge in [-0.25, -0.2) is 4.99 Å². The number of nitrogens with two attached hydrogens (primary N) is 1. The predicted molar refractivity (Wildman–Crippen MR) is 95.2 cm³/mol. The summed E-state index contributed by atoms with van der Waals surface area (Å²) in [6, 6.07) is 9.66. The maximum absolute atomic E-state index is 11.4. The van der Waals surface area contributed by atoms with E-state index in [0.29, 0.717) is 6.61 Å². The molecule has 0 aromatic heterocycles. The Morgan fingerprint density at radius 1 is 1.36 bits per heavy atom. The van der Waals surface area contributed by atoms with Crippen molar-refractivity contribution in [2.75, 3.05) is 13.2 Å². The number of nitrogens with one attached hydrogen (secondary N) is 1. The third kappa shape index (κ3) is 2.69. The number of carbonyl (C=O) groups is 1. The van der Waals surface area contributed by atoms with Crippen LogP contribution in [0.5, 0.6) is 0 Å². The van der Waals surface area contributed by atoms with Gasteiger partial charge < -0.3 is 20.7 Å². The molecule has 1 amide bonds. The minimum Gasteiger partial charge on any atom is -0.495 e. The van der Waals surface area contributed by atoms with Crippen LogP contribution in [0.4, 0.5) is 0 Å². The number of nitrogens with zero attached hydrogens (tertiary/aromatic N) is 2. The van der Waals surface area contributed by atoms with E-state index in [-0.39, 0.29) is 0 Å². The molecular weight excluding hydrogens is 316 g/mol. The fourth-order valence-corrected chi connectivity index (χ4v) is 3.33. The summed E-state index contributed by atoms with van der Waals surface area (Å²) in [5.41, 5.74) is 10.5. The Hall–Kier alpha value is -3.02. The molecule has 3 heterocycles. The number of amides is 1. The summed E-state index contributed by atoms with van der Waals surface area (Å²) in [6.07, 6.45) is 4.44. The summed E-state index contributed by atoms with van der Waals surface area (Å²) >= 11 is 0. The minimum absolute atomic E-state index is 0.410. The van der Waals surface area contributed by atoms with E-state index in [1.807, 2.05) is 24.4 Å². The molecule has 0 aliphatic carbocycles. The molecular formula is C19H20N4O2. The molecule has 0 saturated heterocycles. The summed E-state index contributed by atoms with van der Waals surface area (Å²) in [7, 11) is 0. The van der Waals surface area contributed by atoms with Gasteiger partial charge in [-0.05, 0) is 18.9 Å². The number of primary amides is 1. The molecule has 0 bridgehead atoms. The van der Waals surface area contributed by atoms with Gasteiger partial charge in [-0.3, -0.25) is 4.79 Å². The molecule has 1 aromatic rings. The van der Waals surface area contributed by atoms with Crippen molar-refractivity contribution in [3.63, 3.8) is 0 Å². The van der Waals surface area contributed by atoms with E-state index in [1.165, 1.54) is 5.57 Å². The van der Waals surface area contributed by atoms with Gasteiger partial charge in [0.15, 0.2) is 0 Å². The Kier molecular flexibility index (Phi) is 3.80. The van der Waals surface area contributed by atoms with Crippen molar-refractivity contribution in [1.82, 2.24) is 10.2 Å². The van der Waals surface area contributed by atoms with Crippen LogP contribution in [-0.2, 0) is 9.53 Å². The highest BCUT2D eigenvalue weighted by molar-refractivity contribution is 6.02. The van der Waals surface area contributed by atoms with Crippen molar-refractivity contribution in [3.8, 4) is 0 Å². The van der Waals surface area contributed by atoms with Gasteiger partial charge in [0.05, 0.1) is 11.4 Å². The van der Waals surface area contributed by atoms with Crippen LogP contribution in [0, 0.1) is 0 Å². The zero-order valence-corrected chi connectivity index (χ0v) is 14.0. The van der Waals surface area contributed by atoms with Crippen LogP contribution in [0.1, 0.15) is 18.9 Å². The molecule has 1 atom stereocenters. The standard InChI is InChI=1S/C19H20N4O2/c1-12(18(20)24)22-16-11-25-10-14-7-8-23-17(14)15(16)9-21-19(23)13-5-3-2-4-6-13/h2-6,9,11-12,22H,7-8,10H2,1H3,(H2,20,24). The Bertz CT molecular complexity index is 836. The average Bonchev–Trinajstić information content (AvgIpc) is 2.96. The fraction of sp³-hybridized carbons (Fsp3) is 0.263. The Labute approximate surface area is 146 Å². The molecule has 3 aliphatic rings. The van der Waals surface area contributed by atoms with Gasteiger partial charge in [-0.15, -0.1) is 0 Å². The van der Waals surface area contributed by atoms with E-state index in [2.05, 4.69) is 22.3 Å². The largest absolute Gasteiger partial charge is 0.495 e. The summed E-state index contributed by atoms with van der Waals surface area (Å²) in [4.78, 5) is 18.4. The van der Waals surface area contributed by atoms with Crippen LogP contribution >= 0.6 is 0 Å². The number of ether oxygens (including phenoxy) is 1. The number of aliphatic imine (C=N–C) groups is 1. The maximum Gasteiger partial charge on any atom is 0.239 e. The average molecular weight is 336 g/mol. The highest BCUT2D eigenvalue weighted by Gasteiger charge is 2.34. The monoisotopic (exact) mass is 336 g/mol. The molecule has 3 aliphatic heterocycles. The van der Waals surface area contributed by atoms with Gasteiger partial charge in [0.25, 0.3) is 0 Å². The van der Waals surface area contributed by atoms with E-state index in [9.17, 15) is 4.79 Å². The number of amidine groups is 1. The van der Waals surface area contributed by atoms with Gasteiger partial charge >= 0.3 is 0 Å². The molecule has 0 fully saturated rings. The Balaban J connectivity index is 1.75. The van der Waals surface area contributed by atoms with Crippen LogP contribution in [-0.4, -0.2) is 35.8 Å². The molecule has 128 valence electrons. The Morgan fingerprint density at radius 2 is 2.16 bits per heavy atom. The fourth-order valence-electron chi connectivity index (χ4n) is 3.33. The van der Waals surface area contributed by atoms with Crippen molar-refractivity contribution in [2.45, 2.75) is 19.4 Å². The third-order valence-corrected chi connectivity index (χ3v) is 4.65. The number of benzene rings is 1. The first-order chi connectivity index (χ1) is 12.1. The van der Waals surface area contributed by atoms with E-state index in [4.69, 9.17) is 15.5 Å². The van der Waals surface area contributed by atoms with Gasteiger partial charge in [-0.1, -0.05) is 30.3 Å². The molecule has 0 spiro atoms. The molecule has 3 N–H and O–H groups in total. The highest BCUT2D eigenvalue weighted by atomic mass is 16.5. The number of hydrogen-bond acceptors (Lipinski definition) is 5. The molecule has 1 unspecified atom stereocenters. The van der Waals surface area contributed by atoms with Crippen molar-refractivity contribution in [2.24, 2.45) is 10.7 Å². The first-order valence-corrected chi connectivity index (χ1v) is 8.36. The van der Waals surface area contributed by atoms with Crippen LogP contribution in [0.3, 0.4) is 0 Å². The van der Waals surface area contributed by atoms with Crippen molar-refractivity contribution < 1.29 is 9.53 Å². The lowest BCUT2D eigenvalue weighted by Gasteiger charge is -2.30. The molecule has 25 heavy (non-hydrogen) atoms. The normalized spacial score (nSPS) is 19.9. The topological polar surface area (TPSA) is 79.9 Å². The number of hydrogen-bond donors (Lipinski definition) is 2. The molecule has 0 saturated carbocycles. The number of carbonyl (C=O) groups excluding carboxylic acids is 1. The van der Waals surface area contributed by atoms with Crippen LogP contribution in [0.25, 0.3) is 0 Å². The van der Waals surface area contributed by atoms with Gasteiger partial charge in [-0.2, -0.15) is 0 Å². The molecule has 1 aromatic carbocycles. The van der Waals surface area contributed by atoms with Gasteiger partial charge in [0.1, 0.15) is 24.7 Å². The first kappa shape index (κ1) is 15.5. The lowest BCUT2D eigenvalue weighted by Crippen LogP contribution is -2.40. The van der Waals surface area contributed by atoms with Crippen molar-refractivity contribution in [1.29, 1.82) is 0 Å². The van der Waals surface area contributed by atoms with E-state index in [0.717, 1.165) is 41.3 Å². The number of rotatable bonds is 4. The second kappa shape index (κ2) is 6.12. The second-order valence-corrected chi connectivity index (χ2v) is 6.33. The summed E-state index contributed by atoms with van der Waals surface area (Å²) in [5, 5.41) is 3.14. The van der Waals surface area contributed by atoms with E-state index < -0.39 is 11.9 Å². The molecule has 6 heteroatoms. The van der Waals surface area contributed by atoms with Crippen molar-refractivity contribution >= 4 is 11.7 Å². The minimum atomic E-state index is -0.493. The second-order valence-electron chi connectivity index (χ2n) is 6.33. The highest BCUT2D eigenvalue weighted by Crippen LogP contribution is 2.37. The maximum atomic E-state index is 11.4. The molecule has 4 rings (SSSR count). The molecule has 6 nitrogen and oxygen atoms in total. The first-order valence-electron chi connectivity index (χ1n) is 8.36. The predicted octanol–water partition coefficient (Wildman–Crippen LogP) is 1.63. The van der Waals surface area contributed by atoms with E-state index in [1.54, 1.807) is 13.2 Å². The van der Waals surface area contributed by atoms with Crippen LogP contribution < -0.4 is 11.1 Å². The van der Waals surface area contributed by atoms with E-state index >= 15 is 0 Å². The SMILES string of the molecule is CC(NC1=COCC2=C3C1=CN=C(c1ccccc1)N3CC2)C(N)=O. The lowest BCUT2D eigenvalue weighted by molar-refractivity contribution is -0.119. The van der Waals surface area contributed by atoms with Crippen LogP contribution in [0.15, 0.2) is 70.3 Å². The molecule has 0 radical (unpaired) electrons. The van der Waals surface area contributed by atoms with Crippen LogP contribution in [0.2, 0.25) is 0 Å². The van der Waals surface area contributed by atoms with Crippen molar-refractivity contribution in [3.05, 3.63) is 70.9 Å². The third-order valence-electron chi connectivity index (χ3n) is 4.65. The quantitative estimate of drug-likeness (QED) is 0.876. The van der Waals surface area contributed by atoms with Gasteiger partial charge in [0, 0.05) is 23.9 Å².